The number of nitrogens with one attached hydrogen (secondary N) is 2. The first-order chi connectivity index (χ1) is 27.1. The van der Waals surface area contributed by atoms with Crippen molar-refractivity contribution in [3.8, 4) is 5.75 Å². The fourth-order valence-corrected chi connectivity index (χ4v) is 5.28. The van der Waals surface area contributed by atoms with Crippen LogP contribution in [0, 0.1) is 5.82 Å². The van der Waals surface area contributed by atoms with E-state index in [4.69, 9.17) is 27.9 Å². The number of hydrogen-bond donors (Lipinski definition) is 2. The van der Waals surface area contributed by atoms with Crippen LogP contribution >= 0.6 is 0 Å². The molecule has 0 saturated carbocycles. The SMILES string of the molecule is CN(C(=O)Oc1c(N2CCN(CCOS(=O)NC(=O)COCCOCCOCCNC(=O)OC(C)(C)C)C2=O)cc(C(F)(F)F)cc1C(F)(F)F)c1ccc(F)cc1. The molecule has 1 fully saturated rings. The highest BCUT2D eigenvalue weighted by Crippen LogP contribution is 2.47. The van der Waals surface area contributed by atoms with E-state index in [0.29, 0.717) is 9.80 Å². The number of hydrogen-bond acceptors (Lipinski definition) is 11. The van der Waals surface area contributed by atoms with Crippen LogP contribution < -0.4 is 24.6 Å². The Bertz CT molecular complexity index is 1750. The van der Waals surface area contributed by atoms with Gasteiger partial charge in [-0.1, -0.05) is 0 Å². The molecule has 2 aromatic rings. The van der Waals surface area contributed by atoms with E-state index in [0.717, 1.165) is 36.2 Å². The van der Waals surface area contributed by atoms with Crippen molar-refractivity contribution in [3.63, 3.8) is 0 Å². The van der Waals surface area contributed by atoms with Gasteiger partial charge in [0.1, 0.15) is 23.6 Å². The number of ether oxygens (including phenoxy) is 5. The standard InChI is InChI=1S/C34H42F7N5O11S/c1-32(2,3)57-29(48)42-9-13-52-15-16-53-17-18-54-21-27(47)43-58(51)55-14-12-45-10-11-46(30(45)49)26-20-22(33(36,37)38)19-25(34(39,40)41)28(26)56-31(50)44(4)24-7-5-23(35)6-8-24/h5-8,19-20H,9-18,21H2,1-4H3,(H,42,48)(H,43,47). The molecule has 0 aromatic heterocycles. The zero-order chi connectivity index (χ0) is 43.3. The van der Waals surface area contributed by atoms with Crippen molar-refractivity contribution in [2.24, 2.45) is 0 Å². The summed E-state index contributed by atoms with van der Waals surface area (Å²) in [7, 11) is 1.06. The Morgan fingerprint density at radius 1 is 0.862 bits per heavy atom. The van der Waals surface area contributed by atoms with Gasteiger partial charge in [-0.2, -0.15) is 26.3 Å². The van der Waals surface area contributed by atoms with E-state index in [1.165, 1.54) is 0 Å². The Hall–Kier alpha value is -4.78. The summed E-state index contributed by atoms with van der Waals surface area (Å²) in [5.74, 6) is -2.93. The van der Waals surface area contributed by atoms with Crippen LogP contribution in [0.1, 0.15) is 31.9 Å². The largest absolute Gasteiger partial charge is 0.444 e. The van der Waals surface area contributed by atoms with Gasteiger partial charge in [-0.25, -0.2) is 27.7 Å². The lowest BCUT2D eigenvalue weighted by molar-refractivity contribution is -0.143. The molecule has 1 saturated heterocycles. The topological polar surface area (TPSA) is 175 Å². The fraction of sp³-hybridized carbons (Fsp3) is 0.529. The molecule has 5 amide bonds. The Morgan fingerprint density at radius 3 is 2.09 bits per heavy atom. The predicted octanol–water partition coefficient (Wildman–Crippen LogP) is 5.03. The second kappa shape index (κ2) is 21.3. The number of alkyl halides is 6. The summed E-state index contributed by atoms with van der Waals surface area (Å²) >= 11 is -2.43. The summed E-state index contributed by atoms with van der Waals surface area (Å²) in [5.41, 5.74) is -5.46. The number of rotatable bonds is 19. The van der Waals surface area contributed by atoms with Gasteiger partial charge in [0, 0.05) is 38.9 Å². The van der Waals surface area contributed by atoms with Crippen LogP contribution in [-0.2, 0) is 51.5 Å². The monoisotopic (exact) mass is 861 g/mol. The van der Waals surface area contributed by atoms with Gasteiger partial charge >= 0.3 is 30.6 Å². The van der Waals surface area contributed by atoms with E-state index in [2.05, 4.69) is 5.32 Å². The van der Waals surface area contributed by atoms with Gasteiger partial charge < -0.3 is 33.9 Å². The molecule has 0 spiro atoms. The van der Waals surface area contributed by atoms with E-state index in [9.17, 15) is 54.1 Å². The molecule has 324 valence electrons. The lowest BCUT2D eigenvalue weighted by Gasteiger charge is -2.26. The maximum absolute atomic E-state index is 14.2. The van der Waals surface area contributed by atoms with Crippen molar-refractivity contribution in [1.29, 1.82) is 0 Å². The molecular formula is C34H42F7N5O11S. The first-order valence-corrected chi connectivity index (χ1v) is 18.3. The van der Waals surface area contributed by atoms with Crippen LogP contribution in [0.25, 0.3) is 0 Å². The van der Waals surface area contributed by atoms with Crippen LogP contribution in [0.5, 0.6) is 5.75 Å². The lowest BCUT2D eigenvalue weighted by Crippen LogP contribution is -2.36. The molecule has 2 N–H and O–H groups in total. The van der Waals surface area contributed by atoms with Crippen molar-refractivity contribution in [1.82, 2.24) is 14.9 Å². The van der Waals surface area contributed by atoms with Crippen molar-refractivity contribution >= 4 is 46.8 Å². The highest BCUT2D eigenvalue weighted by molar-refractivity contribution is 7.78. The zero-order valence-electron chi connectivity index (χ0n) is 31.6. The second-order valence-electron chi connectivity index (χ2n) is 13.0. The molecule has 3 rings (SSSR count). The number of anilines is 2. The van der Waals surface area contributed by atoms with Gasteiger partial charge in [0.05, 0.1) is 50.9 Å². The van der Waals surface area contributed by atoms with Gasteiger partial charge in [0.25, 0.3) is 17.2 Å². The third kappa shape index (κ3) is 15.5. The lowest BCUT2D eigenvalue weighted by atomic mass is 10.1. The molecule has 1 aliphatic rings. The van der Waals surface area contributed by atoms with Crippen molar-refractivity contribution in [2.75, 3.05) is 89.3 Å². The average Bonchev–Trinajstić information content (AvgIpc) is 3.48. The van der Waals surface area contributed by atoms with Crippen LogP contribution in [0.2, 0.25) is 0 Å². The Labute approximate surface area is 330 Å². The fourth-order valence-electron chi connectivity index (χ4n) is 4.75. The summed E-state index contributed by atoms with van der Waals surface area (Å²) < 4.78 is 142. The third-order valence-corrected chi connectivity index (χ3v) is 8.18. The van der Waals surface area contributed by atoms with Gasteiger partial charge in [-0.15, -0.1) is 0 Å². The van der Waals surface area contributed by atoms with Crippen molar-refractivity contribution in [2.45, 2.75) is 38.7 Å². The van der Waals surface area contributed by atoms with Crippen molar-refractivity contribution in [3.05, 3.63) is 53.3 Å². The minimum Gasteiger partial charge on any atom is -0.444 e. The first-order valence-electron chi connectivity index (χ1n) is 17.2. The van der Waals surface area contributed by atoms with Crippen molar-refractivity contribution < 1.29 is 82.0 Å². The van der Waals surface area contributed by atoms with Gasteiger partial charge in [0.2, 0.25) is 0 Å². The highest BCUT2D eigenvalue weighted by Gasteiger charge is 2.44. The molecule has 0 radical (unpaired) electrons. The number of carbonyl (C=O) groups is 4. The molecule has 1 unspecified atom stereocenters. The molecule has 2 aromatic carbocycles. The minimum atomic E-state index is -5.50. The minimum absolute atomic E-state index is 0.0170. The van der Waals surface area contributed by atoms with Crippen LogP contribution in [0.15, 0.2) is 36.4 Å². The first kappa shape index (κ1) is 47.6. The molecule has 0 aliphatic carbocycles. The Morgan fingerprint density at radius 2 is 1.48 bits per heavy atom. The van der Waals surface area contributed by atoms with Gasteiger partial charge in [0.15, 0.2) is 5.75 Å². The molecule has 1 heterocycles. The Kier molecular flexibility index (Phi) is 17.5. The van der Waals surface area contributed by atoms with Crippen LogP contribution in [0.3, 0.4) is 0 Å². The summed E-state index contributed by atoms with van der Waals surface area (Å²) in [5, 5.41) is 2.53. The maximum atomic E-state index is 14.2. The van der Waals surface area contributed by atoms with E-state index in [1.807, 2.05) is 4.72 Å². The third-order valence-electron chi connectivity index (χ3n) is 7.41. The molecule has 1 atom stereocenters. The number of benzene rings is 2. The summed E-state index contributed by atoms with van der Waals surface area (Å²) in [6, 6.07) is 2.96. The summed E-state index contributed by atoms with van der Waals surface area (Å²) in [6.07, 6.45) is -12.9. The number of carbonyl (C=O) groups excluding carboxylic acids is 4. The highest BCUT2D eigenvalue weighted by atomic mass is 32.2. The Balaban J connectivity index is 1.48. The number of alkyl carbamates (subject to hydrolysis) is 1. The number of halogens is 7. The normalized spacial score (nSPS) is 14.0. The smallest absolute Gasteiger partial charge is 0.420 e. The van der Waals surface area contributed by atoms with E-state index < -0.39 is 101 Å². The van der Waals surface area contributed by atoms with E-state index >= 15 is 0 Å². The molecule has 24 heteroatoms. The van der Waals surface area contributed by atoms with Crippen LogP contribution in [0.4, 0.5) is 56.5 Å². The average molecular weight is 862 g/mol. The maximum Gasteiger partial charge on any atom is 0.420 e. The molecule has 0 bridgehead atoms. The van der Waals surface area contributed by atoms with E-state index in [1.54, 1.807) is 20.8 Å². The number of urea groups is 1. The van der Waals surface area contributed by atoms with Gasteiger partial charge in [-0.3, -0.25) is 18.8 Å². The van der Waals surface area contributed by atoms with Crippen LogP contribution in [-0.4, -0.2) is 118 Å². The summed E-state index contributed by atoms with van der Waals surface area (Å²) in [4.78, 5) is 52.0. The second-order valence-corrected chi connectivity index (χ2v) is 13.9. The molecular weight excluding hydrogens is 819 g/mol. The molecule has 58 heavy (non-hydrogen) atoms. The zero-order valence-corrected chi connectivity index (χ0v) is 32.4. The predicted molar refractivity (Wildman–Crippen MR) is 191 cm³/mol. The summed E-state index contributed by atoms with van der Waals surface area (Å²) in [6.45, 7) is 4.00. The van der Waals surface area contributed by atoms with E-state index in [-0.39, 0.29) is 70.5 Å². The quantitative estimate of drug-likeness (QED) is 0.143. The number of nitrogens with zero attached hydrogens (tertiary/aromatic N) is 3. The molecule has 16 nitrogen and oxygen atoms in total. The van der Waals surface area contributed by atoms with Gasteiger partial charge in [-0.05, 0) is 57.2 Å². The number of amides is 5. The molecule has 1 aliphatic heterocycles.